The second kappa shape index (κ2) is 9.92. The van der Waals surface area contributed by atoms with Crippen LogP contribution in [-0.2, 0) is 26.9 Å². The second-order valence-corrected chi connectivity index (χ2v) is 8.33. The third-order valence-corrected chi connectivity index (χ3v) is 5.61. The van der Waals surface area contributed by atoms with Crippen molar-refractivity contribution in [3.63, 3.8) is 0 Å². The second-order valence-electron chi connectivity index (χ2n) is 7.92. The monoisotopic (exact) mass is 464 g/mol. The number of hydrogen-bond acceptors (Lipinski definition) is 5. The molecule has 0 amide bonds. The highest BCUT2D eigenvalue weighted by atomic mass is 35.5. The molecule has 0 spiro atoms. The fraction of sp³-hybridized carbons (Fsp3) is 0.240. The van der Waals surface area contributed by atoms with Crippen molar-refractivity contribution >= 4 is 11.6 Å². The third kappa shape index (κ3) is 5.81. The molecule has 0 fully saturated rings. The molecule has 4 rings (SSSR count). The summed E-state index contributed by atoms with van der Waals surface area (Å²) in [5, 5.41) is 4.85. The molecule has 0 aliphatic heterocycles. The van der Waals surface area contributed by atoms with Crippen molar-refractivity contribution in [1.82, 2.24) is 19.3 Å². The molecule has 0 bridgehead atoms. The van der Waals surface area contributed by atoms with E-state index >= 15 is 0 Å². The Balaban J connectivity index is 1.32. The molecule has 8 heteroatoms. The summed E-state index contributed by atoms with van der Waals surface area (Å²) >= 11 is 6.06. The lowest BCUT2D eigenvalue weighted by atomic mass is 10.1. The van der Waals surface area contributed by atoms with Gasteiger partial charge in [0.1, 0.15) is 11.5 Å². The minimum atomic E-state index is -0.286. The maximum Gasteiger partial charge on any atom is 0.299 e. The fourth-order valence-electron chi connectivity index (χ4n) is 3.42. The molecule has 0 aliphatic carbocycles. The smallest absolute Gasteiger partial charge is 0.299 e. The summed E-state index contributed by atoms with van der Waals surface area (Å²) in [7, 11) is 3.66. The van der Waals surface area contributed by atoms with E-state index in [0.717, 1.165) is 28.2 Å². The van der Waals surface area contributed by atoms with Crippen LogP contribution in [0.5, 0.6) is 17.5 Å². The predicted molar refractivity (Wildman–Crippen MR) is 127 cm³/mol. The van der Waals surface area contributed by atoms with Crippen molar-refractivity contribution in [2.24, 2.45) is 14.1 Å². The van der Waals surface area contributed by atoms with E-state index < -0.39 is 0 Å². The molecule has 0 aliphatic rings. The molecule has 0 N–H and O–H groups in total. The highest BCUT2D eigenvalue weighted by molar-refractivity contribution is 6.31. The first-order valence-corrected chi connectivity index (χ1v) is 10.9. The van der Waals surface area contributed by atoms with Crippen LogP contribution >= 0.6 is 11.6 Å². The molecule has 0 saturated heterocycles. The molecule has 7 nitrogen and oxygen atoms in total. The predicted octanol–water partition coefficient (Wildman–Crippen LogP) is 4.48. The van der Waals surface area contributed by atoms with Gasteiger partial charge in [0.25, 0.3) is 11.6 Å². The summed E-state index contributed by atoms with van der Waals surface area (Å²) in [5.41, 5.74) is 3.34. The zero-order valence-corrected chi connectivity index (χ0v) is 19.5. The number of benzene rings is 2. The molecule has 0 radical (unpaired) electrons. The Morgan fingerprint density at radius 1 is 1.00 bits per heavy atom. The number of ether oxygens (including phenoxy) is 2. The standard InChI is InChI=1S/C25H25ClN4O3/c1-17-12-22(8-9-23(17)26)33-21-6-4-18(5-7-21)10-11-32-25-28-24(31)20(16-29(25)2)13-19-14-27-30(3)15-19/h4-9,12,14-16H,10-11,13H2,1-3H3. The first-order valence-electron chi connectivity index (χ1n) is 10.6. The maximum atomic E-state index is 12.4. The molecular weight excluding hydrogens is 440 g/mol. The van der Waals surface area contributed by atoms with E-state index in [4.69, 9.17) is 21.1 Å². The highest BCUT2D eigenvalue weighted by Gasteiger charge is 2.10. The van der Waals surface area contributed by atoms with Crippen LogP contribution in [0.1, 0.15) is 22.3 Å². The quantitative estimate of drug-likeness (QED) is 0.384. The first kappa shape index (κ1) is 22.6. The Hall–Kier alpha value is -3.58. The molecule has 2 aromatic carbocycles. The average Bonchev–Trinajstić information content (AvgIpc) is 3.20. The lowest BCUT2D eigenvalue weighted by Gasteiger charge is -2.11. The van der Waals surface area contributed by atoms with Gasteiger partial charge in [0.15, 0.2) is 0 Å². The average molecular weight is 465 g/mol. The van der Waals surface area contributed by atoms with Crippen LogP contribution in [0.4, 0.5) is 0 Å². The van der Waals surface area contributed by atoms with Crippen LogP contribution in [0.2, 0.25) is 5.02 Å². The van der Waals surface area contributed by atoms with Gasteiger partial charge < -0.3 is 14.0 Å². The van der Waals surface area contributed by atoms with E-state index in [0.29, 0.717) is 36.0 Å². The van der Waals surface area contributed by atoms with Gasteiger partial charge in [-0.15, -0.1) is 0 Å². The van der Waals surface area contributed by atoms with Crippen molar-refractivity contribution < 1.29 is 9.47 Å². The fourth-order valence-corrected chi connectivity index (χ4v) is 3.54. The summed E-state index contributed by atoms with van der Waals surface area (Å²) in [6.07, 6.45) is 6.56. The first-order chi connectivity index (χ1) is 15.9. The number of hydrogen-bond donors (Lipinski definition) is 0. The summed E-state index contributed by atoms with van der Waals surface area (Å²) < 4.78 is 15.1. The lowest BCUT2D eigenvalue weighted by Crippen LogP contribution is -2.19. The van der Waals surface area contributed by atoms with Gasteiger partial charge in [-0.1, -0.05) is 23.7 Å². The number of aryl methyl sites for hydroxylation is 3. The van der Waals surface area contributed by atoms with Gasteiger partial charge >= 0.3 is 0 Å². The molecule has 33 heavy (non-hydrogen) atoms. The van der Waals surface area contributed by atoms with Gasteiger partial charge in [-0.3, -0.25) is 9.48 Å². The van der Waals surface area contributed by atoms with Gasteiger partial charge in [0.05, 0.1) is 12.8 Å². The molecule has 170 valence electrons. The number of halogens is 1. The van der Waals surface area contributed by atoms with Gasteiger partial charge in [-0.2, -0.15) is 10.1 Å². The van der Waals surface area contributed by atoms with E-state index in [1.54, 1.807) is 21.6 Å². The summed E-state index contributed by atoms with van der Waals surface area (Å²) in [5.74, 6) is 1.49. The Kier molecular flexibility index (Phi) is 6.79. The SMILES string of the molecule is Cc1cc(Oc2ccc(CCOc3nc(=O)c(Cc4cnn(C)c4)cn3C)cc2)ccc1Cl. The van der Waals surface area contributed by atoms with E-state index in [1.807, 2.05) is 69.7 Å². The van der Waals surface area contributed by atoms with Crippen LogP contribution in [0.3, 0.4) is 0 Å². The molecule has 2 aromatic heterocycles. The van der Waals surface area contributed by atoms with Crippen LogP contribution in [0, 0.1) is 6.92 Å². The number of nitrogens with zero attached hydrogens (tertiary/aromatic N) is 4. The largest absolute Gasteiger partial charge is 0.464 e. The van der Waals surface area contributed by atoms with E-state index in [-0.39, 0.29) is 5.56 Å². The molecule has 0 unspecified atom stereocenters. The molecular formula is C25H25ClN4O3. The van der Waals surface area contributed by atoms with Crippen molar-refractivity contribution in [3.05, 3.63) is 98.7 Å². The Bertz CT molecular complexity index is 1310. The zero-order valence-electron chi connectivity index (χ0n) is 18.8. The summed E-state index contributed by atoms with van der Waals surface area (Å²) in [6.45, 7) is 2.34. The third-order valence-electron chi connectivity index (χ3n) is 5.19. The van der Waals surface area contributed by atoms with Crippen LogP contribution in [-0.4, -0.2) is 25.9 Å². The van der Waals surface area contributed by atoms with Crippen molar-refractivity contribution in [3.8, 4) is 17.5 Å². The van der Waals surface area contributed by atoms with Crippen LogP contribution in [0.25, 0.3) is 0 Å². The van der Waals surface area contributed by atoms with Gasteiger partial charge in [-0.25, -0.2) is 0 Å². The van der Waals surface area contributed by atoms with Crippen LogP contribution in [0.15, 0.2) is 65.8 Å². The van der Waals surface area contributed by atoms with Crippen molar-refractivity contribution in [2.45, 2.75) is 19.8 Å². The zero-order chi connectivity index (χ0) is 23.4. The van der Waals surface area contributed by atoms with Crippen molar-refractivity contribution in [2.75, 3.05) is 6.61 Å². The summed E-state index contributed by atoms with van der Waals surface area (Å²) in [6, 6.07) is 13.7. The molecule has 4 aromatic rings. The van der Waals surface area contributed by atoms with Gasteiger partial charge in [-0.05, 0) is 53.9 Å². The Morgan fingerprint density at radius 3 is 2.45 bits per heavy atom. The van der Waals surface area contributed by atoms with E-state index in [9.17, 15) is 4.79 Å². The molecule has 0 atom stereocenters. The maximum absolute atomic E-state index is 12.4. The Morgan fingerprint density at radius 2 is 1.76 bits per heavy atom. The molecule has 2 heterocycles. The topological polar surface area (TPSA) is 71.2 Å². The normalized spacial score (nSPS) is 10.9. The van der Waals surface area contributed by atoms with Gasteiger partial charge in [0.2, 0.25) is 0 Å². The van der Waals surface area contributed by atoms with Crippen LogP contribution < -0.4 is 15.0 Å². The van der Waals surface area contributed by atoms with E-state index in [1.165, 1.54) is 0 Å². The van der Waals surface area contributed by atoms with Crippen molar-refractivity contribution in [1.29, 1.82) is 0 Å². The summed E-state index contributed by atoms with van der Waals surface area (Å²) in [4.78, 5) is 16.5. The Labute approximate surface area is 197 Å². The minimum Gasteiger partial charge on any atom is -0.464 e. The van der Waals surface area contributed by atoms with E-state index in [2.05, 4.69) is 10.1 Å². The molecule has 0 saturated carbocycles. The van der Waals surface area contributed by atoms with Gasteiger partial charge in [0, 0.05) is 49.9 Å². The minimum absolute atomic E-state index is 0.286. The highest BCUT2D eigenvalue weighted by Crippen LogP contribution is 2.26. The number of rotatable bonds is 8. The lowest BCUT2D eigenvalue weighted by molar-refractivity contribution is 0.281. The number of aromatic nitrogens is 4.